The van der Waals surface area contributed by atoms with Crippen LogP contribution in [0, 0.1) is 0 Å². The van der Waals surface area contributed by atoms with Crippen molar-refractivity contribution in [1.29, 1.82) is 0 Å². The van der Waals surface area contributed by atoms with Gasteiger partial charge in [-0.05, 0) is 36.2 Å². The molecular weight excluding hydrogens is 324 g/mol. The molecule has 4 heteroatoms. The van der Waals surface area contributed by atoms with Gasteiger partial charge in [0.1, 0.15) is 25.0 Å². The van der Waals surface area contributed by atoms with Crippen LogP contribution in [0.3, 0.4) is 0 Å². The lowest BCUT2D eigenvalue weighted by atomic mass is 10.1. The number of piperazine rings is 1. The van der Waals surface area contributed by atoms with E-state index in [9.17, 15) is 5.11 Å². The van der Waals surface area contributed by atoms with E-state index in [-0.39, 0.29) is 0 Å². The van der Waals surface area contributed by atoms with Crippen molar-refractivity contribution >= 4 is 5.69 Å². The first-order valence-corrected chi connectivity index (χ1v) is 9.78. The fourth-order valence-electron chi connectivity index (χ4n) is 3.55. The van der Waals surface area contributed by atoms with E-state index < -0.39 is 6.10 Å². The summed E-state index contributed by atoms with van der Waals surface area (Å²) in [5.41, 5.74) is 2.63. The van der Waals surface area contributed by atoms with Gasteiger partial charge in [-0.1, -0.05) is 43.7 Å². The van der Waals surface area contributed by atoms with Gasteiger partial charge in [0, 0.05) is 5.69 Å². The minimum Gasteiger partial charge on any atom is -0.491 e. The van der Waals surface area contributed by atoms with Crippen LogP contribution in [0.15, 0.2) is 54.6 Å². The van der Waals surface area contributed by atoms with E-state index in [0.29, 0.717) is 6.61 Å². The molecule has 1 saturated heterocycles. The van der Waals surface area contributed by atoms with E-state index >= 15 is 0 Å². The molecule has 3 rings (SSSR count). The van der Waals surface area contributed by atoms with Crippen molar-refractivity contribution in [1.82, 2.24) is 0 Å². The quantitative estimate of drug-likeness (QED) is 0.758. The smallest absolute Gasteiger partial charge is 0.137 e. The third-order valence-electron chi connectivity index (χ3n) is 5.02. The molecule has 140 valence electrons. The monoisotopic (exact) mass is 355 g/mol. The fourth-order valence-corrected chi connectivity index (χ4v) is 3.55. The molecule has 0 spiro atoms. The number of hydrogen-bond acceptors (Lipinski definition) is 3. The van der Waals surface area contributed by atoms with E-state index in [2.05, 4.69) is 54.3 Å². The molecule has 1 heterocycles. The van der Waals surface area contributed by atoms with E-state index in [0.717, 1.165) is 51.3 Å². The number of hydrogen-bond donors (Lipinski definition) is 2. The number of nitrogens with one attached hydrogen (secondary N) is 1. The number of rotatable bonds is 8. The maximum absolute atomic E-state index is 10.3. The van der Waals surface area contributed by atoms with Gasteiger partial charge in [0.25, 0.3) is 0 Å². The second kappa shape index (κ2) is 9.60. The van der Waals surface area contributed by atoms with Crippen LogP contribution in [0.4, 0.5) is 5.69 Å². The Morgan fingerprint density at radius 1 is 1.04 bits per heavy atom. The summed E-state index contributed by atoms with van der Waals surface area (Å²) in [5, 5.41) is 10.3. The number of aliphatic hydroxyl groups is 1. The molecule has 2 N–H and O–H groups in total. The van der Waals surface area contributed by atoms with Gasteiger partial charge >= 0.3 is 0 Å². The predicted molar refractivity (Wildman–Crippen MR) is 106 cm³/mol. The standard InChI is InChI=1S/C22H30N2O2/c1-2-6-19-9-11-22(12-10-19)26-18-21(25)17-23-13-15-24(16-14-23)20-7-4-3-5-8-20/h3-5,7-12,21,25H,2,6,13-18H2,1H3/p+1/t21-/m0/s1. The first-order chi connectivity index (χ1) is 12.7. The summed E-state index contributed by atoms with van der Waals surface area (Å²) < 4.78 is 5.76. The first kappa shape index (κ1) is 18.7. The Bertz CT molecular complexity index is 637. The lowest BCUT2D eigenvalue weighted by Crippen LogP contribution is -3.16. The van der Waals surface area contributed by atoms with Crippen LogP contribution in [-0.4, -0.2) is 50.5 Å². The van der Waals surface area contributed by atoms with Crippen LogP contribution in [0.2, 0.25) is 0 Å². The van der Waals surface area contributed by atoms with E-state index in [1.54, 1.807) is 0 Å². The molecule has 0 aromatic heterocycles. The molecule has 1 fully saturated rings. The molecule has 2 aromatic carbocycles. The lowest BCUT2D eigenvalue weighted by molar-refractivity contribution is -0.903. The molecule has 0 amide bonds. The molecule has 0 saturated carbocycles. The van der Waals surface area contributed by atoms with Crippen molar-refractivity contribution in [2.24, 2.45) is 0 Å². The van der Waals surface area contributed by atoms with Crippen LogP contribution < -0.4 is 14.5 Å². The van der Waals surface area contributed by atoms with Gasteiger partial charge in [0.2, 0.25) is 0 Å². The summed E-state index contributed by atoms with van der Waals surface area (Å²) in [5.74, 6) is 0.841. The highest BCUT2D eigenvalue weighted by Gasteiger charge is 2.22. The van der Waals surface area contributed by atoms with Crippen LogP contribution in [0.25, 0.3) is 0 Å². The predicted octanol–water partition coefficient (Wildman–Crippen LogP) is 1.78. The summed E-state index contributed by atoms with van der Waals surface area (Å²) in [6, 6.07) is 18.8. The van der Waals surface area contributed by atoms with Crippen LogP contribution in [0.5, 0.6) is 5.75 Å². The zero-order chi connectivity index (χ0) is 18.2. The summed E-state index contributed by atoms with van der Waals surface area (Å²) >= 11 is 0. The maximum atomic E-state index is 10.3. The van der Waals surface area contributed by atoms with Crippen molar-refractivity contribution in [3.63, 3.8) is 0 Å². The number of anilines is 1. The molecule has 0 bridgehead atoms. The van der Waals surface area contributed by atoms with E-state index in [1.165, 1.54) is 16.2 Å². The van der Waals surface area contributed by atoms with E-state index in [4.69, 9.17) is 4.74 Å². The summed E-state index contributed by atoms with van der Waals surface area (Å²) in [4.78, 5) is 3.87. The summed E-state index contributed by atoms with van der Waals surface area (Å²) in [7, 11) is 0. The Morgan fingerprint density at radius 2 is 1.73 bits per heavy atom. The fraction of sp³-hybridized carbons (Fsp3) is 0.455. The molecular formula is C22H31N2O2+. The molecule has 1 aliphatic rings. The van der Waals surface area contributed by atoms with Gasteiger partial charge < -0.3 is 19.6 Å². The highest BCUT2D eigenvalue weighted by Crippen LogP contribution is 2.14. The zero-order valence-corrected chi connectivity index (χ0v) is 15.7. The zero-order valence-electron chi connectivity index (χ0n) is 15.7. The number of quaternary nitrogens is 1. The summed E-state index contributed by atoms with van der Waals surface area (Å²) in [6.07, 6.45) is 1.82. The Kier molecular flexibility index (Phi) is 6.92. The largest absolute Gasteiger partial charge is 0.491 e. The average molecular weight is 356 g/mol. The topological polar surface area (TPSA) is 37.1 Å². The normalized spacial score (nSPS) is 16.5. The molecule has 0 radical (unpaired) electrons. The van der Waals surface area contributed by atoms with Gasteiger partial charge in [-0.15, -0.1) is 0 Å². The molecule has 1 aliphatic heterocycles. The van der Waals surface area contributed by atoms with Gasteiger partial charge in [0.15, 0.2) is 0 Å². The SMILES string of the molecule is CCCc1ccc(OC[C@@H](O)C[NH+]2CCN(c3ccccc3)CC2)cc1. The third kappa shape index (κ3) is 5.48. The van der Waals surface area contributed by atoms with Gasteiger partial charge in [0.05, 0.1) is 26.2 Å². The third-order valence-corrected chi connectivity index (χ3v) is 5.02. The Labute approximate surface area is 157 Å². The lowest BCUT2D eigenvalue weighted by Gasteiger charge is -2.34. The molecule has 26 heavy (non-hydrogen) atoms. The Hall–Kier alpha value is -2.04. The Morgan fingerprint density at radius 3 is 2.38 bits per heavy atom. The van der Waals surface area contributed by atoms with Gasteiger partial charge in [-0.25, -0.2) is 0 Å². The van der Waals surface area contributed by atoms with Crippen molar-refractivity contribution in [3.05, 3.63) is 60.2 Å². The van der Waals surface area contributed by atoms with E-state index in [1.807, 2.05) is 12.1 Å². The number of aliphatic hydroxyl groups excluding tert-OH is 1. The van der Waals surface area contributed by atoms with Crippen LogP contribution in [-0.2, 0) is 6.42 Å². The molecule has 1 atom stereocenters. The molecule has 0 aliphatic carbocycles. The van der Waals surface area contributed by atoms with Crippen LogP contribution >= 0.6 is 0 Å². The highest BCUT2D eigenvalue weighted by molar-refractivity contribution is 5.46. The number of benzene rings is 2. The summed E-state index contributed by atoms with van der Waals surface area (Å²) in [6.45, 7) is 7.46. The molecule has 4 nitrogen and oxygen atoms in total. The second-order valence-corrected chi connectivity index (χ2v) is 7.14. The Balaban J connectivity index is 1.38. The highest BCUT2D eigenvalue weighted by atomic mass is 16.5. The van der Waals surface area contributed by atoms with Crippen molar-refractivity contribution in [3.8, 4) is 5.75 Å². The number of nitrogens with zero attached hydrogens (tertiary/aromatic N) is 1. The molecule has 0 unspecified atom stereocenters. The molecule has 2 aromatic rings. The average Bonchev–Trinajstić information content (AvgIpc) is 2.69. The van der Waals surface area contributed by atoms with Crippen molar-refractivity contribution in [2.45, 2.75) is 25.9 Å². The van der Waals surface area contributed by atoms with Crippen molar-refractivity contribution in [2.75, 3.05) is 44.2 Å². The number of aryl methyl sites for hydroxylation is 1. The van der Waals surface area contributed by atoms with Crippen molar-refractivity contribution < 1.29 is 14.7 Å². The van der Waals surface area contributed by atoms with Crippen LogP contribution in [0.1, 0.15) is 18.9 Å². The van der Waals surface area contributed by atoms with Gasteiger partial charge in [-0.3, -0.25) is 0 Å². The minimum atomic E-state index is -0.427. The minimum absolute atomic E-state index is 0.360. The number of para-hydroxylation sites is 1. The first-order valence-electron chi connectivity index (χ1n) is 9.78. The second-order valence-electron chi connectivity index (χ2n) is 7.14. The maximum Gasteiger partial charge on any atom is 0.137 e. The van der Waals surface area contributed by atoms with Gasteiger partial charge in [-0.2, -0.15) is 0 Å². The number of ether oxygens (including phenoxy) is 1.